The van der Waals surface area contributed by atoms with Gasteiger partial charge in [0.15, 0.2) is 12.3 Å². The Hall–Kier alpha value is -2.80. The number of Topliss-reactive ketones (excluding diaryl/α,β-unsaturated/α-hetero) is 1. The van der Waals surface area contributed by atoms with Crippen LogP contribution in [-0.4, -0.2) is 44.4 Å². The predicted octanol–water partition coefficient (Wildman–Crippen LogP) is 1.75. The quantitative estimate of drug-likeness (QED) is 0.724. The smallest absolute Gasteiger partial charge is 0.275 e. The first-order chi connectivity index (χ1) is 13.8. The first kappa shape index (κ1) is 20.9. The van der Waals surface area contributed by atoms with E-state index < -0.39 is 17.7 Å². The molecule has 1 fully saturated rings. The summed E-state index contributed by atoms with van der Waals surface area (Å²) in [5.74, 6) is -1.40. The van der Waals surface area contributed by atoms with E-state index in [0.29, 0.717) is 12.1 Å². The number of piperazine rings is 1. The largest absolute Gasteiger partial charge is 0.360 e. The van der Waals surface area contributed by atoms with Gasteiger partial charge in [0, 0.05) is 22.9 Å². The van der Waals surface area contributed by atoms with Crippen LogP contribution in [-0.2, 0) is 4.79 Å². The van der Waals surface area contributed by atoms with E-state index in [1.807, 2.05) is 24.3 Å². The van der Waals surface area contributed by atoms with Crippen molar-refractivity contribution in [2.75, 3.05) is 37.6 Å². The molecule has 3 rings (SSSR count). The molecule has 5 nitrogen and oxygen atoms in total. The molecule has 1 atom stereocenters. The minimum atomic E-state index is -0.658. The number of nitrogens with one attached hydrogen (secondary N) is 2. The van der Waals surface area contributed by atoms with Gasteiger partial charge in [0.2, 0.25) is 0 Å². The number of rotatable bonds is 6. The molecule has 1 amide bonds. The van der Waals surface area contributed by atoms with Crippen LogP contribution in [0.15, 0.2) is 42.5 Å². The molecular formula is C22H26F2N3O2+. The highest BCUT2D eigenvalue weighted by Crippen LogP contribution is 2.18. The zero-order valence-corrected chi connectivity index (χ0v) is 16.7. The second-order valence-corrected chi connectivity index (χ2v) is 7.47. The standard InChI is InChI=1S/C22H25F2N3O2/c1-15(20-8-5-18(23)13-21(20)24)25-22(29)14-26-9-11-27(12-10-26)19-6-3-17(4-7-19)16(2)28/h3-8,13,15H,9-12,14H2,1-2H3,(H,25,29)/p+1/t15-/m1/s1. The third-order valence-electron chi connectivity index (χ3n) is 5.33. The summed E-state index contributed by atoms with van der Waals surface area (Å²) in [7, 11) is 0. The summed E-state index contributed by atoms with van der Waals surface area (Å²) in [4.78, 5) is 27.1. The molecule has 29 heavy (non-hydrogen) atoms. The Labute approximate surface area is 169 Å². The molecule has 7 heteroatoms. The third kappa shape index (κ3) is 5.38. The van der Waals surface area contributed by atoms with Gasteiger partial charge in [-0.3, -0.25) is 9.59 Å². The van der Waals surface area contributed by atoms with E-state index in [-0.39, 0.29) is 17.3 Å². The molecule has 0 aromatic heterocycles. The number of quaternary nitrogens is 1. The molecule has 0 radical (unpaired) electrons. The lowest BCUT2D eigenvalue weighted by atomic mass is 10.1. The van der Waals surface area contributed by atoms with Crippen molar-refractivity contribution in [1.82, 2.24) is 5.32 Å². The van der Waals surface area contributed by atoms with Crippen molar-refractivity contribution < 1.29 is 23.3 Å². The fraction of sp³-hybridized carbons (Fsp3) is 0.364. The van der Waals surface area contributed by atoms with E-state index in [1.165, 1.54) is 12.1 Å². The molecule has 1 saturated heterocycles. The molecule has 2 aromatic rings. The Bertz CT molecular complexity index is 878. The lowest BCUT2D eigenvalue weighted by Gasteiger charge is -2.33. The summed E-state index contributed by atoms with van der Waals surface area (Å²) in [5, 5.41) is 2.80. The number of carbonyl (C=O) groups is 2. The van der Waals surface area contributed by atoms with Gasteiger partial charge in [-0.1, -0.05) is 6.07 Å². The fourth-order valence-electron chi connectivity index (χ4n) is 3.61. The molecule has 0 bridgehead atoms. The van der Waals surface area contributed by atoms with Gasteiger partial charge in [-0.2, -0.15) is 0 Å². The van der Waals surface area contributed by atoms with E-state index in [9.17, 15) is 18.4 Å². The molecule has 1 aliphatic rings. The Kier molecular flexibility index (Phi) is 6.59. The molecular weight excluding hydrogens is 376 g/mol. The fourth-order valence-corrected chi connectivity index (χ4v) is 3.61. The summed E-state index contributed by atoms with van der Waals surface area (Å²) < 4.78 is 26.9. The van der Waals surface area contributed by atoms with Gasteiger partial charge in [-0.25, -0.2) is 8.78 Å². The summed E-state index contributed by atoms with van der Waals surface area (Å²) >= 11 is 0. The van der Waals surface area contributed by atoms with Crippen LogP contribution in [0.4, 0.5) is 14.5 Å². The van der Waals surface area contributed by atoms with Crippen molar-refractivity contribution >= 4 is 17.4 Å². The van der Waals surface area contributed by atoms with Crippen LogP contribution >= 0.6 is 0 Å². The number of hydrogen-bond donors (Lipinski definition) is 2. The van der Waals surface area contributed by atoms with Crippen molar-refractivity contribution in [3.63, 3.8) is 0 Å². The van der Waals surface area contributed by atoms with Gasteiger partial charge in [0.1, 0.15) is 11.6 Å². The second kappa shape index (κ2) is 9.13. The topological polar surface area (TPSA) is 53.9 Å². The van der Waals surface area contributed by atoms with Crippen molar-refractivity contribution in [2.45, 2.75) is 19.9 Å². The highest BCUT2D eigenvalue weighted by molar-refractivity contribution is 5.94. The van der Waals surface area contributed by atoms with Crippen LogP contribution in [0.25, 0.3) is 0 Å². The average molecular weight is 402 g/mol. The summed E-state index contributed by atoms with van der Waals surface area (Å²) in [5.41, 5.74) is 2.04. The Morgan fingerprint density at radius 1 is 1.10 bits per heavy atom. The molecule has 0 spiro atoms. The van der Waals surface area contributed by atoms with E-state index in [2.05, 4.69) is 10.2 Å². The number of nitrogens with zero attached hydrogens (tertiary/aromatic N) is 1. The SMILES string of the molecule is CC(=O)c1ccc(N2CC[NH+](CC(=O)N[C@H](C)c3ccc(F)cc3F)CC2)cc1. The second-order valence-electron chi connectivity index (χ2n) is 7.47. The van der Waals surface area contributed by atoms with Crippen LogP contribution in [0.5, 0.6) is 0 Å². The van der Waals surface area contributed by atoms with E-state index in [0.717, 1.165) is 42.8 Å². The lowest BCUT2D eigenvalue weighted by molar-refractivity contribution is -0.892. The van der Waals surface area contributed by atoms with Gasteiger partial charge in [-0.05, 0) is 44.2 Å². The van der Waals surface area contributed by atoms with Crippen molar-refractivity contribution in [3.05, 3.63) is 65.2 Å². The number of ketones is 1. The Morgan fingerprint density at radius 2 is 1.76 bits per heavy atom. The zero-order valence-electron chi connectivity index (χ0n) is 16.7. The maximum Gasteiger partial charge on any atom is 0.275 e. The molecule has 1 heterocycles. The number of carbonyl (C=O) groups excluding carboxylic acids is 2. The summed E-state index contributed by atoms with van der Waals surface area (Å²) in [6, 6.07) is 10.4. The first-order valence-electron chi connectivity index (χ1n) is 9.77. The van der Waals surface area contributed by atoms with Crippen LogP contribution in [0, 0.1) is 11.6 Å². The first-order valence-corrected chi connectivity index (χ1v) is 9.77. The van der Waals surface area contributed by atoms with Crippen LogP contribution in [0.3, 0.4) is 0 Å². The van der Waals surface area contributed by atoms with E-state index >= 15 is 0 Å². The van der Waals surface area contributed by atoms with Gasteiger partial charge < -0.3 is 15.1 Å². The Morgan fingerprint density at radius 3 is 2.34 bits per heavy atom. The maximum absolute atomic E-state index is 13.9. The minimum Gasteiger partial charge on any atom is -0.360 e. The number of benzene rings is 2. The van der Waals surface area contributed by atoms with Gasteiger partial charge in [-0.15, -0.1) is 0 Å². The minimum absolute atomic E-state index is 0.0478. The van der Waals surface area contributed by atoms with E-state index in [1.54, 1.807) is 13.8 Å². The highest BCUT2D eigenvalue weighted by atomic mass is 19.1. The normalized spacial score (nSPS) is 15.8. The average Bonchev–Trinajstić information content (AvgIpc) is 2.68. The van der Waals surface area contributed by atoms with Crippen molar-refractivity contribution in [3.8, 4) is 0 Å². The molecule has 1 aliphatic heterocycles. The maximum atomic E-state index is 13.9. The molecule has 0 saturated carbocycles. The number of amides is 1. The molecule has 0 unspecified atom stereocenters. The third-order valence-corrected chi connectivity index (χ3v) is 5.33. The molecule has 0 aliphatic carbocycles. The van der Waals surface area contributed by atoms with Crippen LogP contribution in [0.1, 0.15) is 35.8 Å². The highest BCUT2D eigenvalue weighted by Gasteiger charge is 2.23. The number of anilines is 1. The van der Waals surface area contributed by atoms with Crippen molar-refractivity contribution in [1.29, 1.82) is 0 Å². The molecule has 2 N–H and O–H groups in total. The molecule has 154 valence electrons. The zero-order chi connectivity index (χ0) is 21.0. The monoisotopic (exact) mass is 402 g/mol. The Balaban J connectivity index is 1.48. The van der Waals surface area contributed by atoms with Gasteiger partial charge in [0.25, 0.3) is 5.91 Å². The van der Waals surface area contributed by atoms with Gasteiger partial charge >= 0.3 is 0 Å². The lowest BCUT2D eigenvalue weighted by Crippen LogP contribution is -3.15. The summed E-state index contributed by atoms with van der Waals surface area (Å²) in [6.45, 7) is 6.78. The number of halogens is 2. The van der Waals surface area contributed by atoms with Crippen LogP contribution < -0.4 is 15.1 Å². The number of hydrogen-bond acceptors (Lipinski definition) is 3. The van der Waals surface area contributed by atoms with Gasteiger partial charge in [0.05, 0.1) is 32.2 Å². The molecule has 2 aromatic carbocycles. The van der Waals surface area contributed by atoms with Crippen molar-refractivity contribution in [2.24, 2.45) is 0 Å². The summed E-state index contributed by atoms with van der Waals surface area (Å²) in [6.07, 6.45) is 0. The van der Waals surface area contributed by atoms with E-state index in [4.69, 9.17) is 0 Å². The predicted molar refractivity (Wildman–Crippen MR) is 107 cm³/mol. The van der Waals surface area contributed by atoms with Crippen LogP contribution in [0.2, 0.25) is 0 Å².